The number of piperidine rings is 1. The fourth-order valence-corrected chi connectivity index (χ4v) is 3.28. The van der Waals surface area contributed by atoms with Crippen LogP contribution < -0.4 is 10.0 Å². The highest BCUT2D eigenvalue weighted by molar-refractivity contribution is 7.89. The molecule has 2 N–H and O–H groups in total. The Morgan fingerprint density at radius 3 is 2.78 bits per heavy atom. The highest BCUT2D eigenvalue weighted by Gasteiger charge is 2.24. The molecule has 1 saturated heterocycles. The summed E-state index contributed by atoms with van der Waals surface area (Å²) in [7, 11) is -4.02. The van der Waals surface area contributed by atoms with Gasteiger partial charge in [-0.3, -0.25) is 0 Å². The third-order valence-corrected chi connectivity index (χ3v) is 4.34. The number of hydrogen-bond donors (Lipinski definition) is 2. The highest BCUT2D eigenvalue weighted by atomic mass is 32.2. The number of sulfonamides is 1. The van der Waals surface area contributed by atoms with Gasteiger partial charge in [0.25, 0.3) is 0 Å². The van der Waals surface area contributed by atoms with Gasteiger partial charge >= 0.3 is 0 Å². The van der Waals surface area contributed by atoms with Gasteiger partial charge in [-0.2, -0.15) is 0 Å². The molecule has 7 heteroatoms. The Morgan fingerprint density at radius 2 is 2.11 bits per heavy atom. The molecule has 0 unspecified atom stereocenters. The topological polar surface area (TPSA) is 58.2 Å². The molecular weight excluding hydrogens is 262 g/mol. The minimum Gasteiger partial charge on any atom is -0.315 e. The van der Waals surface area contributed by atoms with Gasteiger partial charge in [0.1, 0.15) is 16.5 Å². The zero-order chi connectivity index (χ0) is 13.2. The maximum atomic E-state index is 13.4. The summed E-state index contributed by atoms with van der Waals surface area (Å²) < 4.78 is 52.6. The molecule has 1 aliphatic heterocycles. The second-order valence-corrected chi connectivity index (χ2v) is 5.92. The van der Waals surface area contributed by atoms with Crippen molar-refractivity contribution >= 4 is 10.0 Å². The van der Waals surface area contributed by atoms with Gasteiger partial charge in [0.05, 0.1) is 0 Å². The van der Waals surface area contributed by atoms with E-state index in [0.29, 0.717) is 19.0 Å². The van der Waals surface area contributed by atoms with E-state index in [9.17, 15) is 17.2 Å². The summed E-state index contributed by atoms with van der Waals surface area (Å²) in [6, 6.07) is 2.10. The lowest BCUT2D eigenvalue weighted by Gasteiger charge is -2.23. The molecule has 1 heterocycles. The molecule has 0 radical (unpaired) electrons. The highest BCUT2D eigenvalue weighted by Crippen LogP contribution is 2.17. The van der Waals surface area contributed by atoms with E-state index in [1.54, 1.807) is 0 Å². The lowest BCUT2D eigenvalue weighted by atomic mass is 10.1. The maximum absolute atomic E-state index is 13.4. The van der Waals surface area contributed by atoms with E-state index >= 15 is 0 Å². The zero-order valence-electron chi connectivity index (χ0n) is 9.62. The third-order valence-electron chi connectivity index (χ3n) is 2.80. The van der Waals surface area contributed by atoms with E-state index in [-0.39, 0.29) is 6.04 Å². The van der Waals surface area contributed by atoms with Crippen LogP contribution in [-0.2, 0) is 10.0 Å². The largest absolute Gasteiger partial charge is 0.315 e. The van der Waals surface area contributed by atoms with Crippen molar-refractivity contribution in [3.05, 3.63) is 29.8 Å². The monoisotopic (exact) mass is 276 g/mol. The normalized spacial score (nSPS) is 20.9. The number of benzene rings is 1. The fraction of sp³-hybridized carbons (Fsp3) is 0.455. The van der Waals surface area contributed by atoms with Crippen molar-refractivity contribution in [1.29, 1.82) is 0 Å². The average Bonchev–Trinajstić information content (AvgIpc) is 2.33. The van der Waals surface area contributed by atoms with Crippen LogP contribution in [0.3, 0.4) is 0 Å². The van der Waals surface area contributed by atoms with Crippen LogP contribution in [0.25, 0.3) is 0 Å². The van der Waals surface area contributed by atoms with Gasteiger partial charge in [-0.15, -0.1) is 0 Å². The predicted molar refractivity (Wildman–Crippen MR) is 62.6 cm³/mol. The van der Waals surface area contributed by atoms with Crippen LogP contribution in [0, 0.1) is 11.6 Å². The Bertz CT molecular complexity index is 528. The van der Waals surface area contributed by atoms with Gasteiger partial charge < -0.3 is 5.32 Å². The van der Waals surface area contributed by atoms with Crippen molar-refractivity contribution in [3.63, 3.8) is 0 Å². The van der Waals surface area contributed by atoms with E-state index in [0.717, 1.165) is 25.1 Å². The molecule has 0 spiro atoms. The Hall–Kier alpha value is -1.05. The van der Waals surface area contributed by atoms with E-state index < -0.39 is 26.6 Å². The van der Waals surface area contributed by atoms with Gasteiger partial charge in [0.15, 0.2) is 0 Å². The molecule has 1 atom stereocenters. The molecule has 1 aliphatic rings. The van der Waals surface area contributed by atoms with E-state index in [4.69, 9.17) is 0 Å². The van der Waals surface area contributed by atoms with Crippen molar-refractivity contribution in [3.8, 4) is 0 Å². The van der Waals surface area contributed by atoms with Gasteiger partial charge in [0, 0.05) is 12.6 Å². The predicted octanol–water partition coefficient (Wildman–Crippen LogP) is 0.995. The first kappa shape index (κ1) is 13.4. The van der Waals surface area contributed by atoms with Gasteiger partial charge in [-0.1, -0.05) is 0 Å². The SMILES string of the molecule is O=S(=O)(N[C@@H]1CCCNC1)c1cc(F)ccc1F. The zero-order valence-corrected chi connectivity index (χ0v) is 10.4. The summed E-state index contributed by atoms with van der Waals surface area (Å²) in [5.41, 5.74) is 0. The van der Waals surface area contributed by atoms with E-state index in [1.165, 1.54) is 0 Å². The summed E-state index contributed by atoms with van der Waals surface area (Å²) >= 11 is 0. The van der Waals surface area contributed by atoms with Crippen molar-refractivity contribution in [2.45, 2.75) is 23.8 Å². The van der Waals surface area contributed by atoms with Crippen LogP contribution in [0.15, 0.2) is 23.1 Å². The molecule has 0 bridgehead atoms. The lowest BCUT2D eigenvalue weighted by molar-refractivity contribution is 0.427. The molecule has 1 fully saturated rings. The second-order valence-electron chi connectivity index (χ2n) is 4.24. The minimum absolute atomic E-state index is 0.286. The van der Waals surface area contributed by atoms with E-state index in [1.807, 2.05) is 0 Å². The van der Waals surface area contributed by atoms with Crippen LogP contribution in [0.1, 0.15) is 12.8 Å². The van der Waals surface area contributed by atoms with Crippen LogP contribution in [0.4, 0.5) is 8.78 Å². The second kappa shape index (κ2) is 5.29. The molecule has 100 valence electrons. The fourth-order valence-electron chi connectivity index (χ4n) is 1.92. The van der Waals surface area contributed by atoms with Crippen molar-refractivity contribution in [2.75, 3.05) is 13.1 Å². The lowest BCUT2D eigenvalue weighted by Crippen LogP contribution is -2.45. The Balaban J connectivity index is 2.21. The Kier molecular flexibility index (Phi) is 3.94. The molecule has 0 aliphatic carbocycles. The van der Waals surface area contributed by atoms with E-state index in [2.05, 4.69) is 10.0 Å². The first-order valence-corrected chi connectivity index (χ1v) is 7.15. The first-order valence-electron chi connectivity index (χ1n) is 5.67. The smallest absolute Gasteiger partial charge is 0.243 e. The minimum atomic E-state index is -4.02. The van der Waals surface area contributed by atoms with Crippen LogP contribution in [0.5, 0.6) is 0 Å². The average molecular weight is 276 g/mol. The maximum Gasteiger partial charge on any atom is 0.243 e. The van der Waals surface area contributed by atoms with Crippen LogP contribution in [-0.4, -0.2) is 27.5 Å². The van der Waals surface area contributed by atoms with Crippen molar-refractivity contribution in [1.82, 2.24) is 10.0 Å². The number of halogens is 2. The molecule has 0 aromatic heterocycles. The summed E-state index contributed by atoms with van der Waals surface area (Å²) in [5.74, 6) is -1.73. The van der Waals surface area contributed by atoms with Gasteiger partial charge in [-0.05, 0) is 37.6 Å². The number of nitrogens with one attached hydrogen (secondary N) is 2. The molecule has 2 rings (SSSR count). The molecule has 0 amide bonds. The van der Waals surface area contributed by atoms with Crippen LogP contribution in [0.2, 0.25) is 0 Å². The van der Waals surface area contributed by atoms with Crippen molar-refractivity contribution < 1.29 is 17.2 Å². The summed E-state index contributed by atoms with van der Waals surface area (Å²) in [4.78, 5) is -0.645. The van der Waals surface area contributed by atoms with Gasteiger partial charge in [0.2, 0.25) is 10.0 Å². The van der Waals surface area contributed by atoms with Crippen LogP contribution >= 0.6 is 0 Å². The first-order chi connectivity index (χ1) is 8.49. The van der Waals surface area contributed by atoms with Gasteiger partial charge in [-0.25, -0.2) is 21.9 Å². The molecule has 1 aromatic rings. The Labute approximate surface area is 104 Å². The molecule has 1 aromatic carbocycles. The summed E-state index contributed by atoms with van der Waals surface area (Å²) in [6.07, 6.45) is 1.53. The quantitative estimate of drug-likeness (QED) is 0.866. The standard InChI is InChI=1S/C11H14F2N2O2S/c12-8-3-4-10(13)11(6-8)18(16,17)15-9-2-1-5-14-7-9/h3-4,6,9,14-15H,1-2,5,7H2/t9-/m1/s1. The summed E-state index contributed by atoms with van der Waals surface area (Å²) in [5, 5.41) is 3.04. The summed E-state index contributed by atoms with van der Waals surface area (Å²) in [6.45, 7) is 1.34. The third kappa shape index (κ3) is 3.04. The number of hydrogen-bond acceptors (Lipinski definition) is 3. The molecule has 0 saturated carbocycles. The van der Waals surface area contributed by atoms with Crippen molar-refractivity contribution in [2.24, 2.45) is 0 Å². The number of rotatable bonds is 3. The molecule has 18 heavy (non-hydrogen) atoms. The molecular formula is C11H14F2N2O2S. The molecule has 4 nitrogen and oxygen atoms in total. The Morgan fingerprint density at radius 1 is 1.33 bits per heavy atom.